The molecule has 0 aliphatic heterocycles. The number of nitrogens with zero attached hydrogens (tertiary/aromatic N) is 1. The van der Waals surface area contributed by atoms with Gasteiger partial charge in [-0.05, 0) is 31.2 Å². The summed E-state index contributed by atoms with van der Waals surface area (Å²) in [5.74, 6) is 1.11. The molecular formula is C16H13Cl2NO2. The maximum atomic E-state index is 8.92. The summed E-state index contributed by atoms with van der Waals surface area (Å²) in [6, 6.07) is 12.4. The van der Waals surface area contributed by atoms with Crippen molar-refractivity contribution in [3.05, 3.63) is 57.6 Å². The Bertz CT molecular complexity index is 680. The molecule has 5 heteroatoms. The number of halogens is 2. The van der Waals surface area contributed by atoms with Gasteiger partial charge in [-0.3, -0.25) is 0 Å². The van der Waals surface area contributed by atoms with Crippen LogP contribution in [0.15, 0.2) is 36.4 Å². The number of hydrogen-bond acceptors (Lipinski definition) is 3. The fourth-order valence-electron chi connectivity index (χ4n) is 1.76. The zero-order chi connectivity index (χ0) is 15.2. The van der Waals surface area contributed by atoms with Crippen molar-refractivity contribution in [1.29, 1.82) is 5.26 Å². The minimum Gasteiger partial charge on any atom is -0.490 e. The maximum absolute atomic E-state index is 8.92. The highest BCUT2D eigenvalue weighted by Crippen LogP contribution is 2.30. The van der Waals surface area contributed by atoms with Crippen LogP contribution in [0, 0.1) is 11.3 Å². The van der Waals surface area contributed by atoms with Crippen molar-refractivity contribution >= 4 is 23.2 Å². The minimum absolute atomic E-state index is 0.294. The van der Waals surface area contributed by atoms with E-state index in [1.165, 1.54) is 0 Å². The zero-order valence-corrected chi connectivity index (χ0v) is 12.9. The summed E-state index contributed by atoms with van der Waals surface area (Å²) in [4.78, 5) is 0. The molecular weight excluding hydrogens is 309 g/mol. The second-order valence-corrected chi connectivity index (χ2v) is 5.07. The van der Waals surface area contributed by atoms with E-state index < -0.39 is 0 Å². The standard InChI is InChI=1S/C16H13Cl2NO2/c1-2-20-16-7-11(9-19)3-6-15(16)21-10-12-4-5-13(17)8-14(12)18/h3-8H,2,10H2,1H3. The molecule has 0 atom stereocenters. The fraction of sp³-hybridized carbons (Fsp3) is 0.188. The van der Waals surface area contributed by atoms with Crippen LogP contribution in [0.3, 0.4) is 0 Å². The second-order valence-electron chi connectivity index (χ2n) is 4.23. The smallest absolute Gasteiger partial charge is 0.162 e. The molecule has 21 heavy (non-hydrogen) atoms. The minimum atomic E-state index is 0.294. The van der Waals surface area contributed by atoms with Crippen LogP contribution in [0.2, 0.25) is 10.0 Å². The molecule has 0 unspecified atom stereocenters. The first-order valence-electron chi connectivity index (χ1n) is 6.37. The maximum Gasteiger partial charge on any atom is 0.162 e. The van der Waals surface area contributed by atoms with Gasteiger partial charge in [0.1, 0.15) is 6.61 Å². The molecule has 0 aliphatic carbocycles. The van der Waals surface area contributed by atoms with E-state index in [0.717, 1.165) is 5.56 Å². The Hall–Kier alpha value is -1.89. The summed E-state index contributed by atoms with van der Waals surface area (Å²) in [5, 5.41) is 10.0. The number of benzene rings is 2. The van der Waals surface area contributed by atoms with E-state index in [9.17, 15) is 0 Å². The number of hydrogen-bond donors (Lipinski definition) is 0. The molecule has 2 rings (SSSR count). The molecule has 0 fully saturated rings. The average molecular weight is 322 g/mol. The van der Waals surface area contributed by atoms with Crippen molar-refractivity contribution in [3.8, 4) is 17.6 Å². The predicted molar refractivity (Wildman–Crippen MR) is 83.1 cm³/mol. The second kappa shape index (κ2) is 7.21. The first-order valence-corrected chi connectivity index (χ1v) is 7.13. The van der Waals surface area contributed by atoms with Gasteiger partial charge in [0.15, 0.2) is 11.5 Å². The van der Waals surface area contributed by atoms with Gasteiger partial charge in [-0.25, -0.2) is 0 Å². The third kappa shape index (κ3) is 4.04. The van der Waals surface area contributed by atoms with Gasteiger partial charge in [0.05, 0.1) is 18.2 Å². The molecule has 0 amide bonds. The topological polar surface area (TPSA) is 42.2 Å². The zero-order valence-electron chi connectivity index (χ0n) is 11.4. The van der Waals surface area contributed by atoms with E-state index in [-0.39, 0.29) is 0 Å². The molecule has 0 radical (unpaired) electrons. The summed E-state index contributed by atoms with van der Waals surface area (Å²) < 4.78 is 11.2. The van der Waals surface area contributed by atoms with Gasteiger partial charge < -0.3 is 9.47 Å². The number of rotatable bonds is 5. The molecule has 0 N–H and O–H groups in total. The van der Waals surface area contributed by atoms with Gasteiger partial charge in [-0.15, -0.1) is 0 Å². The summed E-state index contributed by atoms with van der Waals surface area (Å²) in [7, 11) is 0. The first-order chi connectivity index (χ1) is 10.1. The van der Waals surface area contributed by atoms with E-state index in [0.29, 0.717) is 40.3 Å². The van der Waals surface area contributed by atoms with Crippen molar-refractivity contribution in [2.24, 2.45) is 0 Å². The lowest BCUT2D eigenvalue weighted by Gasteiger charge is -2.13. The highest BCUT2D eigenvalue weighted by atomic mass is 35.5. The van der Waals surface area contributed by atoms with Gasteiger partial charge in [-0.1, -0.05) is 29.3 Å². The molecule has 0 spiro atoms. The number of ether oxygens (including phenoxy) is 2. The van der Waals surface area contributed by atoms with Gasteiger partial charge in [0, 0.05) is 21.7 Å². The third-order valence-electron chi connectivity index (χ3n) is 2.77. The summed E-state index contributed by atoms with van der Waals surface area (Å²) in [6.45, 7) is 2.66. The Labute approximate surface area is 133 Å². The lowest BCUT2D eigenvalue weighted by Crippen LogP contribution is -2.00. The van der Waals surface area contributed by atoms with E-state index >= 15 is 0 Å². The Kier molecular flexibility index (Phi) is 5.32. The molecule has 2 aromatic rings. The van der Waals surface area contributed by atoms with Gasteiger partial charge in [-0.2, -0.15) is 5.26 Å². The average Bonchev–Trinajstić information content (AvgIpc) is 2.47. The molecule has 0 bridgehead atoms. The van der Waals surface area contributed by atoms with Crippen LogP contribution in [0.25, 0.3) is 0 Å². The normalized spacial score (nSPS) is 10.0. The highest BCUT2D eigenvalue weighted by Gasteiger charge is 2.08. The van der Waals surface area contributed by atoms with Crippen LogP contribution in [0.1, 0.15) is 18.1 Å². The summed E-state index contributed by atoms with van der Waals surface area (Å²) in [5.41, 5.74) is 1.35. The van der Waals surface area contributed by atoms with Crippen LogP contribution >= 0.6 is 23.2 Å². The molecule has 108 valence electrons. The molecule has 0 aliphatic rings. The van der Waals surface area contributed by atoms with Gasteiger partial charge >= 0.3 is 0 Å². The van der Waals surface area contributed by atoms with Gasteiger partial charge in [0.25, 0.3) is 0 Å². The van der Waals surface area contributed by atoms with Crippen LogP contribution in [0.4, 0.5) is 0 Å². The van der Waals surface area contributed by atoms with Crippen LogP contribution in [-0.2, 0) is 6.61 Å². The first kappa shape index (κ1) is 15.5. The molecule has 0 saturated carbocycles. The van der Waals surface area contributed by atoms with Crippen molar-refractivity contribution < 1.29 is 9.47 Å². The highest BCUT2D eigenvalue weighted by molar-refractivity contribution is 6.35. The van der Waals surface area contributed by atoms with Crippen LogP contribution in [0.5, 0.6) is 11.5 Å². The van der Waals surface area contributed by atoms with Crippen molar-refractivity contribution in [2.75, 3.05) is 6.61 Å². The Morgan fingerprint density at radius 3 is 2.52 bits per heavy atom. The fourth-order valence-corrected chi connectivity index (χ4v) is 2.22. The monoisotopic (exact) mass is 321 g/mol. The van der Waals surface area contributed by atoms with Crippen molar-refractivity contribution in [2.45, 2.75) is 13.5 Å². The van der Waals surface area contributed by atoms with E-state index in [1.54, 1.807) is 30.3 Å². The molecule has 0 saturated heterocycles. The number of nitriles is 1. The summed E-state index contributed by atoms with van der Waals surface area (Å²) >= 11 is 12.0. The van der Waals surface area contributed by atoms with Crippen LogP contribution < -0.4 is 9.47 Å². The largest absolute Gasteiger partial charge is 0.490 e. The van der Waals surface area contributed by atoms with Crippen molar-refractivity contribution in [1.82, 2.24) is 0 Å². The molecule has 2 aromatic carbocycles. The van der Waals surface area contributed by atoms with E-state index in [1.807, 2.05) is 13.0 Å². The van der Waals surface area contributed by atoms with Gasteiger partial charge in [0.2, 0.25) is 0 Å². The predicted octanol–water partition coefficient (Wildman–Crippen LogP) is 4.84. The molecule has 0 heterocycles. The molecule has 0 aromatic heterocycles. The van der Waals surface area contributed by atoms with E-state index in [4.69, 9.17) is 37.9 Å². The Balaban J connectivity index is 2.17. The van der Waals surface area contributed by atoms with Crippen LogP contribution in [-0.4, -0.2) is 6.61 Å². The summed E-state index contributed by atoms with van der Waals surface area (Å²) in [6.07, 6.45) is 0. The third-order valence-corrected chi connectivity index (χ3v) is 3.36. The van der Waals surface area contributed by atoms with Crippen molar-refractivity contribution in [3.63, 3.8) is 0 Å². The Morgan fingerprint density at radius 2 is 1.86 bits per heavy atom. The Morgan fingerprint density at radius 1 is 1.05 bits per heavy atom. The SMILES string of the molecule is CCOc1cc(C#N)ccc1OCc1ccc(Cl)cc1Cl. The quantitative estimate of drug-likeness (QED) is 0.791. The molecule has 3 nitrogen and oxygen atoms in total. The van der Waals surface area contributed by atoms with E-state index in [2.05, 4.69) is 6.07 Å². The lowest BCUT2D eigenvalue weighted by molar-refractivity contribution is 0.269. The lowest BCUT2D eigenvalue weighted by atomic mass is 10.2.